The van der Waals surface area contributed by atoms with Crippen molar-refractivity contribution in [2.45, 2.75) is 40.3 Å². The summed E-state index contributed by atoms with van der Waals surface area (Å²) in [6, 6.07) is 9.87. The van der Waals surface area contributed by atoms with Crippen LogP contribution in [0.3, 0.4) is 0 Å². The average Bonchev–Trinajstić information content (AvgIpc) is 2.90. The number of amides is 1. The molecule has 0 spiro atoms. The Morgan fingerprint density at radius 3 is 2.61 bits per heavy atom. The SMILES string of the molecule is CC(C)=C(OCOCc1ccccc1)N1C(=O)OC[C@@H]1C(C)C. The van der Waals surface area contributed by atoms with Crippen molar-refractivity contribution in [3.8, 4) is 0 Å². The second kappa shape index (κ2) is 8.02. The molecule has 0 N–H and O–H groups in total. The van der Waals surface area contributed by atoms with Gasteiger partial charge in [0.1, 0.15) is 6.61 Å². The molecule has 0 saturated carbocycles. The number of nitrogens with zero attached hydrogens (tertiary/aromatic N) is 1. The van der Waals surface area contributed by atoms with Crippen molar-refractivity contribution >= 4 is 6.09 Å². The van der Waals surface area contributed by atoms with Crippen LogP contribution >= 0.6 is 0 Å². The molecule has 1 fully saturated rings. The zero-order valence-electron chi connectivity index (χ0n) is 14.2. The van der Waals surface area contributed by atoms with Crippen LogP contribution in [0.2, 0.25) is 0 Å². The molecule has 23 heavy (non-hydrogen) atoms. The third kappa shape index (κ3) is 4.48. The van der Waals surface area contributed by atoms with Gasteiger partial charge in [0.2, 0.25) is 0 Å². The van der Waals surface area contributed by atoms with E-state index in [-0.39, 0.29) is 24.8 Å². The van der Waals surface area contributed by atoms with Gasteiger partial charge in [0.15, 0.2) is 12.7 Å². The zero-order chi connectivity index (χ0) is 16.8. The third-order valence-corrected chi connectivity index (χ3v) is 3.71. The molecular weight excluding hydrogens is 294 g/mol. The summed E-state index contributed by atoms with van der Waals surface area (Å²) in [5, 5.41) is 0. The Kier molecular flexibility index (Phi) is 6.04. The number of hydrogen-bond donors (Lipinski definition) is 0. The lowest BCUT2D eigenvalue weighted by atomic mass is 10.0. The van der Waals surface area contributed by atoms with Gasteiger partial charge >= 0.3 is 6.09 Å². The van der Waals surface area contributed by atoms with Crippen molar-refractivity contribution in [1.29, 1.82) is 0 Å². The molecule has 2 rings (SSSR count). The molecule has 1 aromatic carbocycles. The van der Waals surface area contributed by atoms with Gasteiger partial charge in [0, 0.05) is 0 Å². The fourth-order valence-electron chi connectivity index (χ4n) is 2.45. The number of hydrogen-bond acceptors (Lipinski definition) is 4. The molecule has 0 aromatic heterocycles. The summed E-state index contributed by atoms with van der Waals surface area (Å²) >= 11 is 0. The number of ether oxygens (including phenoxy) is 3. The predicted molar refractivity (Wildman–Crippen MR) is 87.4 cm³/mol. The summed E-state index contributed by atoms with van der Waals surface area (Å²) in [5.74, 6) is 0.809. The highest BCUT2D eigenvalue weighted by atomic mass is 16.7. The van der Waals surface area contributed by atoms with Gasteiger partial charge in [0.05, 0.1) is 12.6 Å². The maximum atomic E-state index is 12.0. The van der Waals surface area contributed by atoms with E-state index in [1.54, 1.807) is 4.90 Å². The number of rotatable bonds is 7. The molecule has 0 aliphatic carbocycles. The molecule has 1 atom stereocenters. The summed E-state index contributed by atoms with van der Waals surface area (Å²) in [6.45, 7) is 8.90. The van der Waals surface area contributed by atoms with Crippen LogP contribution in [-0.4, -0.2) is 30.4 Å². The van der Waals surface area contributed by atoms with E-state index in [1.807, 2.05) is 44.2 Å². The van der Waals surface area contributed by atoms with Crippen molar-refractivity contribution in [1.82, 2.24) is 4.90 Å². The lowest BCUT2D eigenvalue weighted by molar-refractivity contribution is -0.0540. The van der Waals surface area contributed by atoms with Crippen LogP contribution < -0.4 is 0 Å². The van der Waals surface area contributed by atoms with E-state index in [0.717, 1.165) is 11.1 Å². The fraction of sp³-hybridized carbons (Fsp3) is 0.500. The highest BCUT2D eigenvalue weighted by molar-refractivity contribution is 5.72. The first kappa shape index (κ1) is 17.3. The van der Waals surface area contributed by atoms with E-state index in [4.69, 9.17) is 14.2 Å². The number of carbonyl (C=O) groups is 1. The number of benzene rings is 1. The van der Waals surface area contributed by atoms with Gasteiger partial charge in [-0.05, 0) is 30.9 Å². The second-order valence-corrected chi connectivity index (χ2v) is 6.16. The van der Waals surface area contributed by atoms with E-state index in [9.17, 15) is 4.79 Å². The van der Waals surface area contributed by atoms with Crippen LogP contribution in [0.4, 0.5) is 4.79 Å². The normalized spacial score (nSPS) is 17.3. The highest BCUT2D eigenvalue weighted by Gasteiger charge is 2.38. The number of cyclic esters (lactones) is 1. The fourth-order valence-corrected chi connectivity index (χ4v) is 2.45. The third-order valence-electron chi connectivity index (χ3n) is 3.71. The molecule has 1 aliphatic rings. The van der Waals surface area contributed by atoms with Crippen LogP contribution in [0.15, 0.2) is 41.8 Å². The molecule has 5 heteroatoms. The minimum absolute atomic E-state index is 0.0125. The Morgan fingerprint density at radius 2 is 2.00 bits per heavy atom. The van der Waals surface area contributed by atoms with Gasteiger partial charge < -0.3 is 14.2 Å². The second-order valence-electron chi connectivity index (χ2n) is 6.16. The Labute approximate surface area is 137 Å². The van der Waals surface area contributed by atoms with Crippen molar-refractivity contribution in [3.63, 3.8) is 0 Å². The number of allylic oxidation sites excluding steroid dienone is 1. The Hall–Kier alpha value is -2.01. The van der Waals surface area contributed by atoms with Crippen molar-refractivity contribution in [2.24, 2.45) is 5.92 Å². The molecule has 1 aromatic rings. The van der Waals surface area contributed by atoms with Crippen LogP contribution in [0, 0.1) is 5.92 Å². The Balaban J connectivity index is 1.94. The van der Waals surface area contributed by atoms with E-state index in [2.05, 4.69) is 13.8 Å². The molecule has 1 heterocycles. The Morgan fingerprint density at radius 1 is 1.30 bits per heavy atom. The van der Waals surface area contributed by atoms with Crippen LogP contribution in [0.5, 0.6) is 0 Å². The zero-order valence-corrected chi connectivity index (χ0v) is 14.2. The van der Waals surface area contributed by atoms with Gasteiger partial charge in [0.25, 0.3) is 0 Å². The van der Waals surface area contributed by atoms with Crippen molar-refractivity contribution < 1.29 is 19.0 Å². The molecule has 5 nitrogen and oxygen atoms in total. The maximum absolute atomic E-state index is 12.0. The molecule has 1 aliphatic heterocycles. The smallest absolute Gasteiger partial charge is 0.417 e. The summed E-state index contributed by atoms with van der Waals surface area (Å²) in [6.07, 6.45) is -0.358. The Bertz CT molecular complexity index is 549. The molecule has 1 amide bonds. The quantitative estimate of drug-likeness (QED) is 0.434. The molecular formula is C18H25NO4. The predicted octanol–water partition coefficient (Wildman–Crippen LogP) is 3.91. The topological polar surface area (TPSA) is 48.0 Å². The lowest BCUT2D eigenvalue weighted by Crippen LogP contribution is -2.38. The molecule has 0 bridgehead atoms. The molecule has 0 unspecified atom stereocenters. The number of carbonyl (C=O) groups excluding carboxylic acids is 1. The molecule has 1 saturated heterocycles. The summed E-state index contributed by atoms with van der Waals surface area (Å²) in [7, 11) is 0. The van der Waals surface area contributed by atoms with Gasteiger partial charge in [-0.2, -0.15) is 0 Å². The van der Waals surface area contributed by atoms with E-state index in [0.29, 0.717) is 19.1 Å². The first-order valence-electron chi connectivity index (χ1n) is 7.88. The summed E-state index contributed by atoms with van der Waals surface area (Å²) < 4.78 is 16.5. The van der Waals surface area contributed by atoms with E-state index < -0.39 is 0 Å². The first-order chi connectivity index (χ1) is 11.0. The largest absolute Gasteiger partial charge is 0.452 e. The van der Waals surface area contributed by atoms with Gasteiger partial charge in [-0.15, -0.1) is 0 Å². The maximum Gasteiger partial charge on any atom is 0.417 e. The lowest BCUT2D eigenvalue weighted by Gasteiger charge is -2.27. The van der Waals surface area contributed by atoms with Crippen LogP contribution in [0.25, 0.3) is 0 Å². The summed E-state index contributed by atoms with van der Waals surface area (Å²) in [4.78, 5) is 13.6. The minimum Gasteiger partial charge on any atom is -0.452 e. The molecule has 0 radical (unpaired) electrons. The van der Waals surface area contributed by atoms with E-state index >= 15 is 0 Å². The van der Waals surface area contributed by atoms with Crippen LogP contribution in [0.1, 0.15) is 33.3 Å². The van der Waals surface area contributed by atoms with Crippen LogP contribution in [-0.2, 0) is 20.8 Å². The highest BCUT2D eigenvalue weighted by Crippen LogP contribution is 2.26. The average molecular weight is 319 g/mol. The minimum atomic E-state index is -0.358. The van der Waals surface area contributed by atoms with Gasteiger partial charge in [-0.25, -0.2) is 9.69 Å². The molecule has 126 valence electrons. The monoisotopic (exact) mass is 319 g/mol. The standard InChI is InChI=1S/C18H25NO4/c1-13(2)16-11-22-18(20)19(16)17(14(3)4)23-12-21-10-15-8-6-5-7-9-15/h5-9,13,16H,10-12H2,1-4H3/t16-/m1/s1. The first-order valence-corrected chi connectivity index (χ1v) is 7.88. The van der Waals surface area contributed by atoms with Gasteiger partial charge in [-0.1, -0.05) is 44.2 Å². The van der Waals surface area contributed by atoms with Crippen molar-refractivity contribution in [2.75, 3.05) is 13.4 Å². The van der Waals surface area contributed by atoms with Crippen molar-refractivity contribution in [3.05, 3.63) is 47.4 Å². The van der Waals surface area contributed by atoms with Gasteiger partial charge in [-0.3, -0.25) is 0 Å². The van der Waals surface area contributed by atoms with E-state index in [1.165, 1.54) is 0 Å². The summed E-state index contributed by atoms with van der Waals surface area (Å²) in [5.41, 5.74) is 1.99.